The zero-order valence-electron chi connectivity index (χ0n) is 40.8. The maximum atomic E-state index is 18.1. The van der Waals surface area contributed by atoms with Crippen LogP contribution in [0.2, 0.25) is 33.2 Å². The molecule has 1 unspecified atom stereocenters. The lowest BCUT2D eigenvalue weighted by Crippen LogP contribution is -2.50. The van der Waals surface area contributed by atoms with E-state index in [0.717, 1.165) is 25.8 Å². The third kappa shape index (κ3) is 8.61. The fourth-order valence-electron chi connectivity index (χ4n) is 12.7. The van der Waals surface area contributed by atoms with Crippen LogP contribution in [0.5, 0.6) is 11.8 Å². The highest BCUT2D eigenvalue weighted by Crippen LogP contribution is 2.47. The third-order valence-electron chi connectivity index (χ3n) is 15.6. The monoisotopic (exact) mass is 915 g/mol. The number of aliphatic hydroxyl groups is 1. The molecule has 348 valence electrons. The number of hydrogen-bond donors (Lipinski definition) is 1. The van der Waals surface area contributed by atoms with E-state index in [-0.39, 0.29) is 45.9 Å². The molecule has 3 saturated heterocycles. The van der Waals surface area contributed by atoms with E-state index in [0.29, 0.717) is 82.4 Å². The molecule has 7 rings (SSSR count). The van der Waals surface area contributed by atoms with E-state index in [1.54, 1.807) is 12.1 Å². The Morgan fingerprint density at radius 2 is 1.48 bits per heavy atom. The number of halogens is 3. The molecule has 3 fully saturated rings. The van der Waals surface area contributed by atoms with Gasteiger partial charge in [0.2, 0.25) is 0 Å². The first kappa shape index (κ1) is 48.3. The normalized spacial score (nSPS) is 22.2. The minimum absolute atomic E-state index is 0.00535. The zero-order chi connectivity index (χ0) is 46.7. The largest absolute Gasteiger partial charge is 0.543 e. The molecule has 1 N–H and O–H groups in total. The summed E-state index contributed by atoms with van der Waals surface area (Å²) in [5.41, 5.74) is 5.16. The van der Waals surface area contributed by atoms with Crippen molar-refractivity contribution in [2.75, 3.05) is 37.7 Å². The molecule has 3 aliphatic heterocycles. The Morgan fingerprint density at radius 1 is 0.828 bits per heavy atom. The van der Waals surface area contributed by atoms with Gasteiger partial charge in [0.05, 0.1) is 16.7 Å². The molecular weight excluding hydrogens is 842 g/mol. The topological polar surface area (TPSA) is 71.0 Å². The molecular formula is C52H73F3N4O3Si2. The van der Waals surface area contributed by atoms with Gasteiger partial charge in [-0.1, -0.05) is 101 Å². The third-order valence-corrected chi connectivity index (χ3v) is 27.9. The van der Waals surface area contributed by atoms with Crippen molar-refractivity contribution in [3.05, 3.63) is 53.6 Å². The van der Waals surface area contributed by atoms with Crippen LogP contribution in [0.25, 0.3) is 32.8 Å². The Balaban J connectivity index is 1.49. The number of hydrogen-bond acceptors (Lipinski definition) is 7. The summed E-state index contributed by atoms with van der Waals surface area (Å²) in [5, 5.41) is 13.0. The predicted molar refractivity (Wildman–Crippen MR) is 263 cm³/mol. The SMILES string of the molecule is CC(C)[Si](C#Cc1c(F)ccc2cc(O[Si](C(C)C)(C(C)C)C(C)C)cc(-c3ccc4c(N5CCCC(C)(O)C5)nc(OC[C@@]56CCCN5C[C@H](F)C6)nc4c3F)c12)(C(C)C)C(C)C. The van der Waals surface area contributed by atoms with E-state index in [2.05, 4.69) is 99.4 Å². The molecule has 0 spiro atoms. The fraction of sp³-hybridized carbons (Fsp3) is 0.615. The standard InChI is InChI=1S/C52H73F3N4O3Si2/c1-32(2)63(33(3)4,34(5)6)25-20-42-45(54)19-16-38-26-40(62-64(35(7)8,36(9)10)37(11)12)27-44(46(38)42)41-17-18-43-48(47(41)55)56-50(57-49(43)58-23-14-21-51(13,60)30-58)61-31-52-22-15-24-59(52)29-39(53)28-52/h16-19,26-27,32-37,39,60H,14-15,21-24,28-31H2,1-13H3/t39-,51?,52+/m1/s1. The van der Waals surface area contributed by atoms with Crippen LogP contribution in [0.1, 0.15) is 128 Å². The van der Waals surface area contributed by atoms with Crippen molar-refractivity contribution >= 4 is 43.9 Å². The van der Waals surface area contributed by atoms with Gasteiger partial charge in [0, 0.05) is 42.4 Å². The van der Waals surface area contributed by atoms with Crippen molar-refractivity contribution in [2.24, 2.45) is 0 Å². The minimum Gasteiger partial charge on any atom is -0.543 e. The van der Waals surface area contributed by atoms with Crippen LogP contribution in [-0.2, 0) is 0 Å². The Labute approximate surface area is 383 Å². The summed E-state index contributed by atoms with van der Waals surface area (Å²) in [6.45, 7) is 30.9. The summed E-state index contributed by atoms with van der Waals surface area (Å²) < 4.78 is 63.3. The number of ether oxygens (including phenoxy) is 1. The smallest absolute Gasteiger partial charge is 0.319 e. The van der Waals surface area contributed by atoms with Crippen molar-refractivity contribution in [1.29, 1.82) is 0 Å². The highest BCUT2D eigenvalue weighted by Gasteiger charge is 2.50. The molecule has 1 aromatic heterocycles. The number of aromatic nitrogens is 2. The van der Waals surface area contributed by atoms with E-state index in [9.17, 15) is 9.50 Å². The molecule has 4 aromatic rings. The van der Waals surface area contributed by atoms with Crippen LogP contribution in [-0.4, -0.2) is 86.5 Å². The molecule has 0 amide bonds. The van der Waals surface area contributed by atoms with Gasteiger partial charge in [-0.2, -0.15) is 9.97 Å². The maximum absolute atomic E-state index is 18.1. The highest BCUT2D eigenvalue weighted by molar-refractivity contribution is 6.90. The van der Waals surface area contributed by atoms with E-state index in [1.165, 1.54) is 6.07 Å². The lowest BCUT2D eigenvalue weighted by molar-refractivity contribution is 0.0447. The van der Waals surface area contributed by atoms with Gasteiger partial charge in [-0.3, -0.25) is 4.90 Å². The van der Waals surface area contributed by atoms with E-state index in [1.807, 2.05) is 30.0 Å². The first-order valence-corrected chi connectivity index (χ1v) is 28.4. The van der Waals surface area contributed by atoms with Crippen molar-refractivity contribution in [1.82, 2.24) is 14.9 Å². The molecule has 64 heavy (non-hydrogen) atoms. The Bertz CT molecular complexity index is 2380. The molecule has 3 atom stereocenters. The Kier molecular flexibility index (Phi) is 13.7. The number of β-amino-alcohol motifs (C(OH)–C–C–N with tert-alkyl or cyclic N) is 1. The van der Waals surface area contributed by atoms with Gasteiger partial charge in [0.25, 0.3) is 8.32 Å². The second kappa shape index (κ2) is 18.2. The van der Waals surface area contributed by atoms with Crippen LogP contribution >= 0.6 is 0 Å². The summed E-state index contributed by atoms with van der Waals surface area (Å²) in [6.07, 6.45) is 2.55. The molecule has 0 radical (unpaired) electrons. The van der Waals surface area contributed by atoms with Gasteiger partial charge in [0.15, 0.2) is 5.82 Å². The van der Waals surface area contributed by atoms with E-state index < -0.39 is 45.3 Å². The average Bonchev–Trinajstić information content (AvgIpc) is 3.74. The molecule has 3 aromatic carbocycles. The number of fused-ring (bicyclic) bond motifs is 3. The van der Waals surface area contributed by atoms with Crippen molar-refractivity contribution in [3.63, 3.8) is 0 Å². The van der Waals surface area contributed by atoms with Crippen molar-refractivity contribution < 1.29 is 27.4 Å². The van der Waals surface area contributed by atoms with Crippen molar-refractivity contribution in [3.8, 4) is 34.4 Å². The van der Waals surface area contributed by atoms with Crippen LogP contribution in [0.15, 0.2) is 36.4 Å². The van der Waals surface area contributed by atoms with Gasteiger partial charge in [-0.15, -0.1) is 5.54 Å². The molecule has 0 bridgehead atoms. The van der Waals surface area contributed by atoms with Crippen molar-refractivity contribution in [2.45, 2.75) is 173 Å². The van der Waals surface area contributed by atoms with Crippen LogP contribution in [0, 0.1) is 23.1 Å². The summed E-state index contributed by atoms with van der Waals surface area (Å²) in [5.74, 6) is 3.48. The quantitative estimate of drug-likeness (QED) is 0.106. The maximum Gasteiger partial charge on any atom is 0.319 e. The second-order valence-electron chi connectivity index (χ2n) is 21.6. The molecule has 7 nitrogen and oxygen atoms in total. The zero-order valence-corrected chi connectivity index (χ0v) is 42.8. The summed E-state index contributed by atoms with van der Waals surface area (Å²) in [4.78, 5) is 13.9. The summed E-state index contributed by atoms with van der Waals surface area (Å²) in [6, 6.07) is 10.7. The minimum atomic E-state index is -2.50. The molecule has 3 aliphatic rings. The van der Waals surface area contributed by atoms with Gasteiger partial charge in [-0.25, -0.2) is 13.2 Å². The summed E-state index contributed by atoms with van der Waals surface area (Å²) in [7, 11) is -4.81. The first-order chi connectivity index (χ1) is 30.1. The average molecular weight is 915 g/mol. The van der Waals surface area contributed by atoms with Crippen LogP contribution in [0.4, 0.5) is 19.0 Å². The number of piperidine rings is 1. The molecule has 4 heterocycles. The summed E-state index contributed by atoms with van der Waals surface area (Å²) >= 11 is 0. The lowest BCUT2D eigenvalue weighted by atomic mass is 9.92. The Hall–Kier alpha value is -3.64. The van der Waals surface area contributed by atoms with E-state index in [4.69, 9.17) is 19.1 Å². The number of alkyl halides is 1. The number of rotatable bonds is 13. The molecule has 0 aliphatic carbocycles. The van der Waals surface area contributed by atoms with Gasteiger partial charge >= 0.3 is 6.01 Å². The molecule has 0 saturated carbocycles. The fourth-order valence-corrected chi connectivity index (χ4v) is 23.1. The van der Waals surface area contributed by atoms with Crippen LogP contribution in [0.3, 0.4) is 0 Å². The number of nitrogens with zero attached hydrogens (tertiary/aromatic N) is 4. The lowest BCUT2D eigenvalue weighted by Gasteiger charge is -2.42. The highest BCUT2D eigenvalue weighted by atomic mass is 28.4. The predicted octanol–water partition coefficient (Wildman–Crippen LogP) is 13.2. The Morgan fingerprint density at radius 3 is 2.11 bits per heavy atom. The van der Waals surface area contributed by atoms with Gasteiger partial charge in [0.1, 0.15) is 43.8 Å². The van der Waals surface area contributed by atoms with E-state index >= 15 is 8.78 Å². The number of anilines is 1. The van der Waals surface area contributed by atoms with Gasteiger partial charge < -0.3 is 19.2 Å². The molecule has 12 heteroatoms. The number of benzene rings is 3. The van der Waals surface area contributed by atoms with Gasteiger partial charge in [-0.05, 0) is 108 Å². The second-order valence-corrected chi connectivity index (χ2v) is 32.6. The van der Waals surface area contributed by atoms with Crippen LogP contribution < -0.4 is 14.1 Å². The first-order valence-electron chi connectivity index (χ1n) is 24.0.